The van der Waals surface area contributed by atoms with E-state index in [1.807, 2.05) is 34.8 Å². The van der Waals surface area contributed by atoms with Crippen LogP contribution in [0.4, 0.5) is 5.95 Å². The van der Waals surface area contributed by atoms with Crippen LogP contribution >= 0.6 is 0 Å². The molecular formula is C17H21N7O. The average Bonchev–Trinajstić information content (AvgIpc) is 3.29. The minimum Gasteiger partial charge on any atom is -0.388 e. The summed E-state index contributed by atoms with van der Waals surface area (Å²) in [6.07, 6.45) is 4.45. The number of rotatable bonds is 5. The Hall–Kier alpha value is -2.74. The molecule has 130 valence electrons. The van der Waals surface area contributed by atoms with E-state index in [2.05, 4.69) is 38.8 Å². The Balaban J connectivity index is 1.51. The number of aliphatic hydroxyl groups is 1. The molecule has 0 amide bonds. The summed E-state index contributed by atoms with van der Waals surface area (Å²) in [5, 5.41) is 26.5. The van der Waals surface area contributed by atoms with E-state index in [0.717, 1.165) is 25.1 Å². The van der Waals surface area contributed by atoms with E-state index in [0.29, 0.717) is 19.0 Å². The lowest BCUT2D eigenvalue weighted by atomic mass is 10.1. The van der Waals surface area contributed by atoms with Gasteiger partial charge in [0.05, 0.1) is 18.7 Å². The topological polar surface area (TPSA) is 84.9 Å². The summed E-state index contributed by atoms with van der Waals surface area (Å²) in [6.45, 7) is 4.48. The fourth-order valence-corrected chi connectivity index (χ4v) is 3.22. The Bertz CT molecular complexity index is 840. The van der Waals surface area contributed by atoms with Crippen molar-refractivity contribution in [2.75, 3.05) is 18.0 Å². The Labute approximate surface area is 145 Å². The van der Waals surface area contributed by atoms with Gasteiger partial charge in [-0.3, -0.25) is 4.68 Å². The molecule has 1 aliphatic heterocycles. The lowest BCUT2D eigenvalue weighted by Crippen LogP contribution is -2.31. The van der Waals surface area contributed by atoms with Gasteiger partial charge in [0.15, 0.2) is 0 Å². The van der Waals surface area contributed by atoms with Crippen molar-refractivity contribution < 1.29 is 5.11 Å². The van der Waals surface area contributed by atoms with Crippen LogP contribution in [0.5, 0.6) is 0 Å². The molecule has 8 heteroatoms. The van der Waals surface area contributed by atoms with Crippen LogP contribution < -0.4 is 4.90 Å². The number of aromatic nitrogens is 6. The van der Waals surface area contributed by atoms with Crippen molar-refractivity contribution in [2.24, 2.45) is 0 Å². The van der Waals surface area contributed by atoms with Gasteiger partial charge in [-0.05, 0) is 41.0 Å². The predicted octanol–water partition coefficient (Wildman–Crippen LogP) is 0.927. The van der Waals surface area contributed by atoms with Crippen LogP contribution in [0.2, 0.25) is 0 Å². The molecule has 3 heterocycles. The van der Waals surface area contributed by atoms with Gasteiger partial charge in [-0.1, -0.05) is 29.4 Å². The molecule has 0 spiro atoms. The van der Waals surface area contributed by atoms with Crippen molar-refractivity contribution in [3.63, 3.8) is 0 Å². The van der Waals surface area contributed by atoms with Crippen LogP contribution in [-0.2, 0) is 13.1 Å². The minimum absolute atomic E-state index is 0.548. The van der Waals surface area contributed by atoms with E-state index in [4.69, 9.17) is 0 Å². The molecule has 1 aromatic carbocycles. The van der Waals surface area contributed by atoms with Crippen LogP contribution in [0, 0.1) is 0 Å². The quantitative estimate of drug-likeness (QED) is 0.744. The van der Waals surface area contributed by atoms with E-state index < -0.39 is 5.60 Å². The molecule has 1 saturated heterocycles. The van der Waals surface area contributed by atoms with Crippen LogP contribution in [0.15, 0.2) is 42.7 Å². The first kappa shape index (κ1) is 15.8. The normalized spacial score (nSPS) is 20.3. The van der Waals surface area contributed by atoms with Crippen molar-refractivity contribution in [2.45, 2.75) is 32.0 Å². The van der Waals surface area contributed by atoms with Gasteiger partial charge in [0.1, 0.15) is 0 Å². The van der Waals surface area contributed by atoms with E-state index >= 15 is 0 Å². The van der Waals surface area contributed by atoms with E-state index in [1.165, 1.54) is 5.56 Å². The summed E-state index contributed by atoms with van der Waals surface area (Å²) in [5.41, 5.74) is 1.63. The number of anilines is 1. The van der Waals surface area contributed by atoms with Crippen molar-refractivity contribution in [1.29, 1.82) is 0 Å². The molecule has 4 rings (SSSR count). The number of β-amino-alcohol motifs (C(OH)–C–C–N with tert-alkyl or cyclic N) is 1. The summed E-state index contributed by atoms with van der Waals surface area (Å²) in [7, 11) is 0. The molecule has 1 atom stereocenters. The van der Waals surface area contributed by atoms with Crippen LogP contribution in [0.1, 0.15) is 24.5 Å². The highest BCUT2D eigenvalue weighted by Gasteiger charge is 2.33. The first-order valence-corrected chi connectivity index (χ1v) is 8.38. The van der Waals surface area contributed by atoms with Crippen molar-refractivity contribution in [3.05, 3.63) is 53.9 Å². The number of hydrogen-bond donors (Lipinski definition) is 1. The Morgan fingerprint density at radius 2 is 2.04 bits per heavy atom. The van der Waals surface area contributed by atoms with E-state index in [1.54, 1.807) is 10.9 Å². The number of hydrogen-bond acceptors (Lipinski definition) is 6. The highest BCUT2D eigenvalue weighted by molar-refractivity contribution is 5.33. The van der Waals surface area contributed by atoms with Gasteiger partial charge in [-0.25, -0.2) is 4.68 Å². The fraction of sp³-hybridized carbons (Fsp3) is 0.412. The molecule has 2 aromatic heterocycles. The number of benzene rings is 1. The highest BCUT2D eigenvalue weighted by atomic mass is 16.3. The number of tetrazole rings is 1. The van der Waals surface area contributed by atoms with Gasteiger partial charge in [0.2, 0.25) is 5.95 Å². The minimum atomic E-state index is -0.680. The molecule has 3 aromatic rings. The highest BCUT2D eigenvalue weighted by Crippen LogP contribution is 2.24. The van der Waals surface area contributed by atoms with Crippen molar-refractivity contribution in [1.82, 2.24) is 30.0 Å². The molecule has 0 aliphatic carbocycles. The molecule has 0 saturated carbocycles. The third kappa shape index (κ3) is 3.53. The third-order valence-corrected chi connectivity index (χ3v) is 4.48. The number of nitrogens with zero attached hydrogens (tertiary/aromatic N) is 7. The molecule has 1 aliphatic rings. The van der Waals surface area contributed by atoms with Gasteiger partial charge in [-0.15, -0.1) is 0 Å². The summed E-state index contributed by atoms with van der Waals surface area (Å²) < 4.78 is 3.68. The first-order chi connectivity index (χ1) is 12.1. The molecule has 0 radical (unpaired) electrons. The average molecular weight is 339 g/mol. The Morgan fingerprint density at radius 3 is 2.76 bits per heavy atom. The van der Waals surface area contributed by atoms with Crippen molar-refractivity contribution in [3.8, 4) is 0 Å². The van der Waals surface area contributed by atoms with Crippen LogP contribution in [0.3, 0.4) is 0 Å². The molecule has 1 unspecified atom stereocenters. The predicted molar refractivity (Wildman–Crippen MR) is 92.1 cm³/mol. The van der Waals surface area contributed by atoms with Crippen molar-refractivity contribution >= 4 is 5.95 Å². The molecule has 8 nitrogen and oxygen atoms in total. The van der Waals surface area contributed by atoms with Gasteiger partial charge in [-0.2, -0.15) is 5.10 Å². The van der Waals surface area contributed by atoms with E-state index in [-0.39, 0.29) is 0 Å². The zero-order chi connectivity index (χ0) is 17.3. The molecule has 25 heavy (non-hydrogen) atoms. The Kier molecular flexibility index (Phi) is 3.96. The smallest absolute Gasteiger partial charge is 0.245 e. The fourth-order valence-electron chi connectivity index (χ4n) is 3.22. The summed E-state index contributed by atoms with van der Waals surface area (Å²) in [4.78, 5) is 2.04. The van der Waals surface area contributed by atoms with Crippen LogP contribution in [-0.4, -0.2) is 53.8 Å². The zero-order valence-electron chi connectivity index (χ0n) is 14.2. The maximum absolute atomic E-state index is 10.2. The molecule has 1 N–H and O–H groups in total. The van der Waals surface area contributed by atoms with Gasteiger partial charge >= 0.3 is 0 Å². The molecule has 1 fully saturated rings. The maximum atomic E-state index is 10.2. The largest absolute Gasteiger partial charge is 0.388 e. The molecular weight excluding hydrogens is 318 g/mol. The summed E-state index contributed by atoms with van der Waals surface area (Å²) in [6, 6.07) is 10.3. The van der Waals surface area contributed by atoms with Gasteiger partial charge in [0.25, 0.3) is 0 Å². The van der Waals surface area contributed by atoms with E-state index in [9.17, 15) is 5.11 Å². The summed E-state index contributed by atoms with van der Waals surface area (Å²) in [5.74, 6) is 0.704. The second kappa shape index (κ2) is 6.29. The lowest BCUT2D eigenvalue weighted by Gasteiger charge is -2.19. The maximum Gasteiger partial charge on any atom is 0.245 e. The molecule has 0 bridgehead atoms. The monoisotopic (exact) mass is 339 g/mol. The van der Waals surface area contributed by atoms with Gasteiger partial charge in [0, 0.05) is 25.5 Å². The second-order valence-electron chi connectivity index (χ2n) is 6.83. The van der Waals surface area contributed by atoms with Gasteiger partial charge < -0.3 is 10.0 Å². The zero-order valence-corrected chi connectivity index (χ0v) is 14.2. The third-order valence-electron chi connectivity index (χ3n) is 4.48. The SMILES string of the molecule is CC1(O)CCN(c2nnnn2Cc2cccc(Cn3cccn3)c2)C1. The lowest BCUT2D eigenvalue weighted by molar-refractivity contribution is 0.0838. The summed E-state index contributed by atoms with van der Waals surface area (Å²) >= 11 is 0. The van der Waals surface area contributed by atoms with Crippen LogP contribution in [0.25, 0.3) is 0 Å². The second-order valence-corrected chi connectivity index (χ2v) is 6.83. The Morgan fingerprint density at radius 1 is 1.20 bits per heavy atom. The standard InChI is InChI=1S/C17H21N7O/c1-17(25)6-9-22(13-17)16-19-20-21-24(16)12-15-5-2-4-14(10-15)11-23-8-3-7-18-23/h2-5,7-8,10,25H,6,9,11-13H2,1H3. The first-order valence-electron chi connectivity index (χ1n) is 8.38.